The minimum absolute atomic E-state index is 0.0547. The minimum Gasteiger partial charge on any atom is -0.322 e. The summed E-state index contributed by atoms with van der Waals surface area (Å²) in [6.07, 6.45) is 1.71. The van der Waals surface area contributed by atoms with Gasteiger partial charge in [0.25, 0.3) is 0 Å². The number of carbonyl (C=O) groups excluding carboxylic acids is 2. The molecule has 0 radical (unpaired) electrons. The van der Waals surface area contributed by atoms with E-state index in [2.05, 4.69) is 10.3 Å². The third kappa shape index (κ3) is 4.17. The van der Waals surface area contributed by atoms with E-state index in [0.29, 0.717) is 11.6 Å². The molecule has 1 aromatic heterocycles. The lowest BCUT2D eigenvalue weighted by atomic mass is 10.1. The predicted octanol–water partition coefficient (Wildman–Crippen LogP) is 5.32. The third-order valence-electron chi connectivity index (χ3n) is 6.47. The molecular weight excluding hydrogens is 444 g/mol. The molecule has 0 bridgehead atoms. The zero-order valence-electron chi connectivity index (χ0n) is 18.5. The lowest BCUT2D eigenvalue weighted by molar-refractivity contribution is -0.784. The Morgan fingerprint density at radius 1 is 1.25 bits per heavy atom. The number of hydrogen-bond donors (Lipinski definition) is 1. The van der Waals surface area contributed by atoms with Gasteiger partial charge in [0, 0.05) is 24.9 Å². The number of halogens is 1. The summed E-state index contributed by atoms with van der Waals surface area (Å²) in [6, 6.07) is 14.8. The monoisotopic (exact) mass is 471 g/mol. The smallest absolute Gasteiger partial charge is 0.322 e. The first kappa shape index (κ1) is 22.8. The Morgan fingerprint density at radius 2 is 1.97 bits per heavy atom. The standard InChI is InChI=1S/C24H27ClN4O2S/c1-16-7-6-14-29(16,24(31)26-17(2)18-10-12-19(25)13-11-18)22(30)15-32-23-27-20-8-4-5-9-21(20)28(23)3/h4-5,8-13,16-17H,6-7,14-15H2,1-3H3/p+1/t16-,17+,29?/m1/s1. The van der Waals surface area contributed by atoms with Gasteiger partial charge in [-0.3, -0.25) is 5.32 Å². The second-order valence-electron chi connectivity index (χ2n) is 8.43. The Bertz CT molecular complexity index is 1150. The van der Waals surface area contributed by atoms with Crippen LogP contribution in [0.4, 0.5) is 4.79 Å². The highest BCUT2D eigenvalue weighted by molar-refractivity contribution is 7.99. The van der Waals surface area contributed by atoms with Gasteiger partial charge in [0.05, 0.1) is 23.6 Å². The van der Waals surface area contributed by atoms with Crippen molar-refractivity contribution < 1.29 is 14.1 Å². The molecule has 3 atom stereocenters. The summed E-state index contributed by atoms with van der Waals surface area (Å²) in [4.78, 5) is 31.6. The van der Waals surface area contributed by atoms with Crippen LogP contribution in [0.3, 0.4) is 0 Å². The summed E-state index contributed by atoms with van der Waals surface area (Å²) in [6.45, 7) is 4.45. The van der Waals surface area contributed by atoms with Gasteiger partial charge in [-0.25, -0.2) is 14.6 Å². The van der Waals surface area contributed by atoms with Gasteiger partial charge in [-0.05, 0) is 43.7 Å². The molecule has 1 aliphatic heterocycles. The molecule has 1 saturated heterocycles. The minimum atomic E-state index is -0.229. The van der Waals surface area contributed by atoms with Crippen molar-refractivity contribution in [3.8, 4) is 0 Å². The fourth-order valence-corrected chi connectivity index (χ4v) is 5.56. The molecule has 0 spiro atoms. The highest BCUT2D eigenvalue weighted by Gasteiger charge is 2.52. The normalized spacial score (nSPS) is 21.6. The topological polar surface area (TPSA) is 64.0 Å². The van der Waals surface area contributed by atoms with Crippen LogP contribution >= 0.6 is 23.4 Å². The number of aryl methyl sites for hydroxylation is 1. The molecule has 0 saturated carbocycles. The lowest BCUT2D eigenvalue weighted by Gasteiger charge is -2.33. The number of hydrogen-bond acceptors (Lipinski definition) is 4. The maximum atomic E-state index is 13.5. The van der Waals surface area contributed by atoms with E-state index in [9.17, 15) is 9.59 Å². The molecule has 6 nitrogen and oxygen atoms in total. The number of rotatable bonds is 5. The average molecular weight is 472 g/mol. The third-order valence-corrected chi connectivity index (χ3v) is 7.74. The molecule has 1 unspecified atom stereocenters. The number of carbonyl (C=O) groups is 2. The number of benzene rings is 2. The van der Waals surface area contributed by atoms with Crippen molar-refractivity contribution in [2.24, 2.45) is 7.05 Å². The second kappa shape index (κ2) is 9.25. The number of likely N-dealkylation sites (tertiary alicyclic amines) is 1. The van der Waals surface area contributed by atoms with Crippen molar-refractivity contribution in [2.45, 2.75) is 43.9 Å². The van der Waals surface area contributed by atoms with E-state index < -0.39 is 0 Å². The van der Waals surface area contributed by atoms with Crippen LogP contribution in [0.2, 0.25) is 5.02 Å². The van der Waals surface area contributed by atoms with Crippen LogP contribution in [0.5, 0.6) is 0 Å². The fourth-order valence-electron chi connectivity index (χ4n) is 4.49. The molecule has 1 aliphatic rings. The van der Waals surface area contributed by atoms with Crippen LogP contribution in [-0.2, 0) is 11.8 Å². The van der Waals surface area contributed by atoms with Gasteiger partial charge in [-0.15, -0.1) is 0 Å². The average Bonchev–Trinajstić information content (AvgIpc) is 3.33. The lowest BCUT2D eigenvalue weighted by Crippen LogP contribution is -2.63. The van der Waals surface area contributed by atoms with Gasteiger partial charge in [0.15, 0.2) is 5.16 Å². The molecule has 3 aromatic rings. The van der Waals surface area contributed by atoms with Crippen LogP contribution in [0.1, 0.15) is 38.3 Å². The Balaban J connectivity index is 1.51. The summed E-state index contributed by atoms with van der Waals surface area (Å²) >= 11 is 7.38. The van der Waals surface area contributed by atoms with Crippen molar-refractivity contribution in [1.82, 2.24) is 14.9 Å². The molecule has 8 heteroatoms. The van der Waals surface area contributed by atoms with E-state index in [1.54, 1.807) is 12.1 Å². The van der Waals surface area contributed by atoms with Crippen LogP contribution in [0.25, 0.3) is 11.0 Å². The molecule has 0 aliphatic carbocycles. The van der Waals surface area contributed by atoms with Crippen LogP contribution < -0.4 is 5.32 Å². The Morgan fingerprint density at radius 3 is 2.62 bits per heavy atom. The SMILES string of the molecule is C[C@H](NC(=O)[N+]1(C(=O)CSc2nc3ccccc3n2C)CCC[C@H]1C)c1ccc(Cl)cc1. The largest absolute Gasteiger partial charge is 0.424 e. The molecule has 168 valence electrons. The maximum absolute atomic E-state index is 13.5. The van der Waals surface area contributed by atoms with E-state index >= 15 is 0 Å². The van der Waals surface area contributed by atoms with Gasteiger partial charge in [0.1, 0.15) is 11.8 Å². The maximum Gasteiger partial charge on any atom is 0.424 e. The molecule has 3 amide bonds. The number of thioether (sulfide) groups is 1. The van der Waals surface area contributed by atoms with Gasteiger partial charge in [-0.1, -0.05) is 47.6 Å². The summed E-state index contributed by atoms with van der Waals surface area (Å²) in [5.74, 6) is 0.123. The molecule has 2 aromatic carbocycles. The number of quaternary nitrogens is 1. The van der Waals surface area contributed by atoms with Crippen molar-refractivity contribution in [2.75, 3.05) is 12.3 Å². The van der Waals surface area contributed by atoms with E-state index in [4.69, 9.17) is 11.6 Å². The predicted molar refractivity (Wildman–Crippen MR) is 129 cm³/mol. The zero-order valence-corrected chi connectivity index (χ0v) is 20.1. The van der Waals surface area contributed by atoms with Gasteiger partial charge >= 0.3 is 11.9 Å². The van der Waals surface area contributed by atoms with Gasteiger partial charge < -0.3 is 4.57 Å². The number of imidazole rings is 1. The highest BCUT2D eigenvalue weighted by Crippen LogP contribution is 2.31. The Hall–Kier alpha value is -2.35. The second-order valence-corrected chi connectivity index (χ2v) is 9.81. The molecule has 1 N–H and O–H groups in total. The number of imide groups is 1. The van der Waals surface area contributed by atoms with Crippen LogP contribution in [0, 0.1) is 0 Å². The van der Waals surface area contributed by atoms with Gasteiger partial charge in [0.2, 0.25) is 0 Å². The molecule has 32 heavy (non-hydrogen) atoms. The van der Waals surface area contributed by atoms with E-state index in [-0.39, 0.29) is 34.3 Å². The highest BCUT2D eigenvalue weighted by atomic mass is 35.5. The summed E-state index contributed by atoms with van der Waals surface area (Å²) in [5, 5.41) is 4.51. The van der Waals surface area contributed by atoms with E-state index in [1.807, 2.05) is 61.9 Å². The first-order chi connectivity index (χ1) is 15.3. The van der Waals surface area contributed by atoms with Crippen LogP contribution in [0.15, 0.2) is 53.7 Å². The first-order valence-electron chi connectivity index (χ1n) is 10.8. The molecular formula is C24H28ClN4O2S+. The number of amides is 3. The number of nitrogens with zero attached hydrogens (tertiary/aromatic N) is 3. The Kier molecular flexibility index (Phi) is 6.60. The number of nitrogens with one attached hydrogen (secondary N) is 1. The van der Waals surface area contributed by atoms with Crippen molar-refractivity contribution in [3.05, 3.63) is 59.1 Å². The Labute approximate surface area is 197 Å². The number of para-hydroxylation sites is 2. The quantitative estimate of drug-likeness (QED) is 0.404. The van der Waals surface area contributed by atoms with Crippen molar-refractivity contribution in [1.29, 1.82) is 0 Å². The fraction of sp³-hybridized carbons (Fsp3) is 0.375. The summed E-state index contributed by atoms with van der Waals surface area (Å²) < 4.78 is 1.84. The van der Waals surface area contributed by atoms with E-state index in [1.165, 1.54) is 11.8 Å². The summed E-state index contributed by atoms with van der Waals surface area (Å²) in [5.41, 5.74) is 2.88. The van der Waals surface area contributed by atoms with Crippen LogP contribution in [-0.4, -0.2) is 44.3 Å². The number of urea groups is 1. The first-order valence-corrected chi connectivity index (χ1v) is 12.2. The molecule has 1 fully saturated rings. The molecule has 2 heterocycles. The number of fused-ring (bicyclic) bond motifs is 1. The van der Waals surface area contributed by atoms with Gasteiger partial charge in [-0.2, -0.15) is 4.48 Å². The van der Waals surface area contributed by atoms with Crippen molar-refractivity contribution in [3.63, 3.8) is 0 Å². The number of aromatic nitrogens is 2. The molecule has 4 rings (SSSR count). The van der Waals surface area contributed by atoms with Crippen molar-refractivity contribution >= 4 is 46.3 Å². The summed E-state index contributed by atoms with van der Waals surface area (Å²) in [7, 11) is 1.95. The zero-order chi connectivity index (χ0) is 22.9. The van der Waals surface area contributed by atoms with E-state index in [0.717, 1.165) is 34.6 Å².